The van der Waals surface area contributed by atoms with Crippen LogP contribution in [0.5, 0.6) is 0 Å². The topological polar surface area (TPSA) is 69.3 Å². The quantitative estimate of drug-likeness (QED) is 0.552. The van der Waals surface area contributed by atoms with Crippen LogP contribution >= 0.6 is 11.6 Å². The Morgan fingerprint density at radius 1 is 1.17 bits per heavy atom. The zero-order valence-corrected chi connectivity index (χ0v) is 17.1. The number of pyridine rings is 1. The number of carbonyl (C=O) groups is 1. The summed E-state index contributed by atoms with van der Waals surface area (Å²) in [5.74, 6) is 0.637. The Kier molecular flexibility index (Phi) is 5.02. The molecule has 1 fully saturated rings. The molecular formula is C23H22ClN5O. The molecule has 0 bridgehead atoms. The van der Waals surface area contributed by atoms with Gasteiger partial charge in [-0.2, -0.15) is 0 Å². The van der Waals surface area contributed by atoms with Crippen molar-refractivity contribution in [2.24, 2.45) is 5.92 Å². The number of rotatable bonds is 6. The Balaban J connectivity index is 1.28. The van der Waals surface area contributed by atoms with Crippen molar-refractivity contribution in [2.45, 2.75) is 19.4 Å². The molecule has 1 aliphatic heterocycles. The van der Waals surface area contributed by atoms with Crippen molar-refractivity contribution in [3.8, 4) is 11.1 Å². The molecule has 152 valence electrons. The smallest absolute Gasteiger partial charge is 0.253 e. The van der Waals surface area contributed by atoms with Crippen molar-refractivity contribution in [1.82, 2.24) is 15.8 Å². The van der Waals surface area contributed by atoms with Crippen molar-refractivity contribution in [2.75, 3.05) is 17.0 Å². The molecule has 1 amide bonds. The van der Waals surface area contributed by atoms with Gasteiger partial charge >= 0.3 is 0 Å². The van der Waals surface area contributed by atoms with Gasteiger partial charge in [0.1, 0.15) is 0 Å². The van der Waals surface area contributed by atoms with Crippen LogP contribution in [0, 0.1) is 5.92 Å². The minimum atomic E-state index is -0.136. The Hall–Kier alpha value is -3.09. The van der Waals surface area contributed by atoms with Crippen molar-refractivity contribution in [3.63, 3.8) is 0 Å². The lowest BCUT2D eigenvalue weighted by Crippen LogP contribution is -2.37. The first-order chi connectivity index (χ1) is 14.7. The van der Waals surface area contributed by atoms with Gasteiger partial charge in [-0.05, 0) is 48.1 Å². The molecule has 0 unspecified atom stereocenters. The van der Waals surface area contributed by atoms with Gasteiger partial charge in [-0.1, -0.05) is 41.9 Å². The van der Waals surface area contributed by atoms with E-state index in [1.807, 2.05) is 24.3 Å². The second-order valence-corrected chi connectivity index (χ2v) is 8.11. The Labute approximate surface area is 180 Å². The predicted octanol–water partition coefficient (Wildman–Crippen LogP) is 4.39. The third-order valence-corrected chi connectivity index (χ3v) is 5.90. The molecule has 7 heteroatoms. The van der Waals surface area contributed by atoms with Crippen LogP contribution in [0.1, 0.15) is 28.8 Å². The number of nitrogens with one attached hydrogen (secondary N) is 3. The van der Waals surface area contributed by atoms with Crippen LogP contribution in [0.2, 0.25) is 5.02 Å². The first-order valence-electron chi connectivity index (χ1n) is 10.1. The highest BCUT2D eigenvalue weighted by Crippen LogP contribution is 2.43. The molecule has 1 aromatic heterocycles. The highest BCUT2D eigenvalue weighted by atomic mass is 35.5. The van der Waals surface area contributed by atoms with Crippen molar-refractivity contribution in [3.05, 3.63) is 77.1 Å². The molecular weight excluding hydrogens is 398 g/mol. The van der Waals surface area contributed by atoms with Gasteiger partial charge in [-0.15, -0.1) is 5.53 Å². The summed E-state index contributed by atoms with van der Waals surface area (Å²) >= 11 is 6.72. The molecule has 6 nitrogen and oxygen atoms in total. The summed E-state index contributed by atoms with van der Waals surface area (Å²) in [5.41, 5.74) is 12.0. The van der Waals surface area contributed by atoms with Crippen LogP contribution in [0.3, 0.4) is 0 Å². The van der Waals surface area contributed by atoms with Crippen molar-refractivity contribution in [1.29, 1.82) is 0 Å². The van der Waals surface area contributed by atoms with Gasteiger partial charge < -0.3 is 10.7 Å². The Morgan fingerprint density at radius 2 is 2.00 bits per heavy atom. The third-order valence-electron chi connectivity index (χ3n) is 5.51. The Morgan fingerprint density at radius 3 is 2.73 bits per heavy atom. The lowest BCUT2D eigenvalue weighted by Gasteiger charge is -2.17. The highest BCUT2D eigenvalue weighted by Gasteiger charge is 2.29. The average molecular weight is 420 g/mol. The third kappa shape index (κ3) is 3.84. The zero-order valence-electron chi connectivity index (χ0n) is 16.4. The summed E-state index contributed by atoms with van der Waals surface area (Å²) in [6, 6.07) is 15.7. The largest absolute Gasteiger partial charge is 0.348 e. The maximum absolute atomic E-state index is 12.2. The van der Waals surface area contributed by atoms with Crippen LogP contribution in [-0.4, -0.2) is 17.4 Å². The minimum absolute atomic E-state index is 0.136. The average Bonchev–Trinajstić information content (AvgIpc) is 3.51. The lowest BCUT2D eigenvalue weighted by atomic mass is 10.0. The maximum atomic E-state index is 12.2. The number of carbonyl (C=O) groups excluding carboxylic acids is 1. The predicted molar refractivity (Wildman–Crippen MR) is 119 cm³/mol. The number of nitrogens with zero attached hydrogens (tertiary/aromatic N) is 2. The molecule has 30 heavy (non-hydrogen) atoms. The minimum Gasteiger partial charge on any atom is -0.348 e. The van der Waals surface area contributed by atoms with E-state index in [-0.39, 0.29) is 5.91 Å². The first-order valence-corrected chi connectivity index (χ1v) is 10.5. The summed E-state index contributed by atoms with van der Waals surface area (Å²) in [7, 11) is 0. The number of anilines is 2. The standard InChI is InChI=1S/C23H22ClN5O/c24-21-19(9-10-20-22(21)27-28-29(20)14-16-3-4-16)17-7-5-15(6-8-17)12-26-23(30)18-2-1-11-25-13-18/h1-2,5-11,13,16,27-28H,3-4,12,14H2,(H,26,30). The Bertz CT molecular complexity index is 1070. The molecule has 0 radical (unpaired) electrons. The second kappa shape index (κ2) is 7.97. The van der Waals surface area contributed by atoms with Crippen LogP contribution in [0.4, 0.5) is 11.4 Å². The zero-order chi connectivity index (χ0) is 20.5. The molecule has 2 heterocycles. The molecule has 2 aromatic carbocycles. The number of amides is 1. The first kappa shape index (κ1) is 18.9. The molecule has 0 saturated heterocycles. The van der Waals surface area contributed by atoms with Gasteiger partial charge in [0.2, 0.25) is 0 Å². The molecule has 1 saturated carbocycles. The molecule has 3 aromatic rings. The number of hydrogen-bond acceptors (Lipinski definition) is 5. The molecule has 5 rings (SSSR count). The summed E-state index contributed by atoms with van der Waals surface area (Å²) < 4.78 is 0. The van der Waals surface area contributed by atoms with Crippen LogP contribution < -0.4 is 21.3 Å². The van der Waals surface area contributed by atoms with Gasteiger partial charge in [0.15, 0.2) is 0 Å². The van der Waals surface area contributed by atoms with E-state index in [0.717, 1.165) is 40.5 Å². The van der Waals surface area contributed by atoms with Crippen LogP contribution in [0.15, 0.2) is 60.9 Å². The van der Waals surface area contributed by atoms with E-state index < -0.39 is 0 Å². The maximum Gasteiger partial charge on any atom is 0.253 e. The van der Waals surface area contributed by atoms with E-state index in [1.54, 1.807) is 24.5 Å². The SMILES string of the molecule is O=C(NCc1ccc(-c2ccc3c(c2Cl)NNN3CC2CC2)cc1)c1cccnc1. The van der Waals surface area contributed by atoms with Gasteiger partial charge in [0.05, 0.1) is 22.0 Å². The van der Waals surface area contributed by atoms with Crippen molar-refractivity contribution < 1.29 is 4.79 Å². The number of hydrazine groups is 2. The van der Waals surface area contributed by atoms with E-state index in [4.69, 9.17) is 11.6 Å². The molecule has 0 spiro atoms. The van der Waals surface area contributed by atoms with Gasteiger partial charge in [0, 0.05) is 31.0 Å². The fraction of sp³-hybridized carbons (Fsp3) is 0.217. The normalized spacial score (nSPS) is 14.9. The fourth-order valence-corrected chi connectivity index (χ4v) is 3.92. The number of halogens is 1. The van der Waals surface area contributed by atoms with E-state index in [9.17, 15) is 4.79 Å². The molecule has 3 N–H and O–H groups in total. The van der Waals surface area contributed by atoms with Gasteiger partial charge in [0.25, 0.3) is 5.91 Å². The van der Waals surface area contributed by atoms with E-state index >= 15 is 0 Å². The summed E-state index contributed by atoms with van der Waals surface area (Å²) in [5, 5.41) is 5.76. The summed E-state index contributed by atoms with van der Waals surface area (Å²) in [4.78, 5) is 16.1. The summed E-state index contributed by atoms with van der Waals surface area (Å²) in [6.45, 7) is 1.45. The van der Waals surface area contributed by atoms with Crippen LogP contribution in [0.25, 0.3) is 11.1 Å². The molecule has 1 aliphatic carbocycles. The number of benzene rings is 2. The van der Waals surface area contributed by atoms with Gasteiger partial charge in [-0.3, -0.25) is 14.8 Å². The van der Waals surface area contributed by atoms with Gasteiger partial charge in [-0.25, -0.2) is 0 Å². The van der Waals surface area contributed by atoms with Crippen molar-refractivity contribution >= 4 is 28.9 Å². The molecule has 0 atom stereocenters. The van der Waals surface area contributed by atoms with E-state index in [1.165, 1.54) is 12.8 Å². The second-order valence-electron chi connectivity index (χ2n) is 7.73. The summed E-state index contributed by atoms with van der Waals surface area (Å²) in [6.07, 6.45) is 5.81. The molecule has 2 aliphatic rings. The van der Waals surface area contributed by atoms with Crippen LogP contribution in [-0.2, 0) is 6.54 Å². The lowest BCUT2D eigenvalue weighted by molar-refractivity contribution is 0.0950. The van der Waals surface area contributed by atoms with E-state index in [0.29, 0.717) is 17.1 Å². The highest BCUT2D eigenvalue weighted by molar-refractivity contribution is 6.37. The fourth-order valence-electron chi connectivity index (χ4n) is 3.60. The number of hydrogen-bond donors (Lipinski definition) is 3. The van der Waals surface area contributed by atoms with E-state index in [2.05, 4.69) is 38.4 Å². The monoisotopic (exact) mass is 419 g/mol. The number of aromatic nitrogens is 1. The number of fused-ring (bicyclic) bond motifs is 1.